The number of Topliss-reactive ketones (excluding diaryl/α,β-unsaturated/α-hetero) is 1. The normalized spacial score (nSPS) is 12.2. The number of anilines is 1. The Morgan fingerprint density at radius 1 is 1.10 bits per heavy atom. The molecule has 0 saturated carbocycles. The highest BCUT2D eigenvalue weighted by atomic mass is 16.1. The second kappa shape index (κ2) is 8.57. The van der Waals surface area contributed by atoms with E-state index in [0.29, 0.717) is 18.4 Å². The molecule has 0 aliphatic carbocycles. The Morgan fingerprint density at radius 3 is 2.14 bits per heavy atom. The zero-order valence-corrected chi connectivity index (χ0v) is 13.5. The van der Waals surface area contributed by atoms with Gasteiger partial charge >= 0.3 is 0 Å². The van der Waals surface area contributed by atoms with Crippen molar-refractivity contribution in [1.29, 1.82) is 0 Å². The maximum atomic E-state index is 12.0. The summed E-state index contributed by atoms with van der Waals surface area (Å²) in [5, 5.41) is 2.88. The van der Waals surface area contributed by atoms with Gasteiger partial charge in [-0.2, -0.15) is 0 Å². The van der Waals surface area contributed by atoms with Crippen LogP contribution in [0.3, 0.4) is 0 Å². The predicted molar refractivity (Wildman–Crippen MR) is 86.7 cm³/mol. The lowest BCUT2D eigenvalue weighted by atomic mass is 10.1. The second-order valence-electron chi connectivity index (χ2n) is 5.18. The molecule has 1 unspecified atom stereocenters. The molecule has 4 heteroatoms. The molecule has 116 valence electrons. The van der Waals surface area contributed by atoms with Crippen LogP contribution in [0.15, 0.2) is 24.3 Å². The number of nitrogens with zero attached hydrogens (tertiary/aromatic N) is 1. The Kier molecular flexibility index (Phi) is 7.09. The Balaban J connectivity index is 2.57. The van der Waals surface area contributed by atoms with Crippen LogP contribution >= 0.6 is 0 Å². The van der Waals surface area contributed by atoms with Crippen LogP contribution in [0, 0.1) is 0 Å². The third kappa shape index (κ3) is 5.31. The molecular formula is C17H26N2O2. The van der Waals surface area contributed by atoms with E-state index in [-0.39, 0.29) is 17.7 Å². The van der Waals surface area contributed by atoms with Crippen LogP contribution < -0.4 is 5.32 Å². The molecule has 0 aliphatic rings. The number of rotatable bonds is 8. The smallest absolute Gasteiger partial charge is 0.225 e. The molecule has 1 N–H and O–H groups in total. The first-order valence-electron chi connectivity index (χ1n) is 7.68. The fraction of sp³-hybridized carbons (Fsp3) is 0.529. The van der Waals surface area contributed by atoms with E-state index in [2.05, 4.69) is 31.0 Å². The van der Waals surface area contributed by atoms with Crippen LogP contribution in [0.2, 0.25) is 0 Å². The van der Waals surface area contributed by atoms with Gasteiger partial charge in [0.2, 0.25) is 5.91 Å². The molecule has 21 heavy (non-hydrogen) atoms. The predicted octanol–water partition coefficient (Wildman–Crippen LogP) is 3.34. The van der Waals surface area contributed by atoms with Crippen molar-refractivity contribution in [3.05, 3.63) is 29.8 Å². The number of hydrogen-bond donors (Lipinski definition) is 1. The van der Waals surface area contributed by atoms with Gasteiger partial charge in [-0.05, 0) is 44.3 Å². The standard InChI is InChI=1S/C17H26N2O2/c1-5-16(20)14-8-10-15(11-9-14)18-17(21)12-13(4)19(6-2)7-3/h8-11,13H,5-7,12H2,1-4H3,(H,18,21). The summed E-state index contributed by atoms with van der Waals surface area (Å²) in [5.74, 6) is 0.118. The van der Waals surface area contributed by atoms with Gasteiger partial charge < -0.3 is 10.2 Å². The summed E-state index contributed by atoms with van der Waals surface area (Å²) in [6.07, 6.45) is 0.963. The average Bonchev–Trinajstić information content (AvgIpc) is 2.48. The van der Waals surface area contributed by atoms with Crippen LogP contribution in [-0.4, -0.2) is 35.7 Å². The van der Waals surface area contributed by atoms with Gasteiger partial charge in [-0.25, -0.2) is 0 Å². The number of carbonyl (C=O) groups is 2. The fourth-order valence-electron chi connectivity index (χ4n) is 2.40. The van der Waals surface area contributed by atoms with Gasteiger partial charge in [-0.3, -0.25) is 9.59 Å². The molecule has 1 aromatic carbocycles. The molecule has 0 fully saturated rings. The molecule has 0 spiro atoms. The van der Waals surface area contributed by atoms with Gasteiger partial charge in [0.1, 0.15) is 0 Å². The SMILES string of the molecule is CCC(=O)c1ccc(NC(=O)CC(C)N(CC)CC)cc1. The van der Waals surface area contributed by atoms with Crippen LogP contribution in [0.25, 0.3) is 0 Å². The Hall–Kier alpha value is -1.68. The minimum Gasteiger partial charge on any atom is -0.326 e. The lowest BCUT2D eigenvalue weighted by Gasteiger charge is -2.25. The summed E-state index contributed by atoms with van der Waals surface area (Å²) in [7, 11) is 0. The molecule has 0 bridgehead atoms. The molecule has 1 atom stereocenters. The lowest BCUT2D eigenvalue weighted by Crippen LogP contribution is -2.35. The molecule has 0 aromatic heterocycles. The zero-order chi connectivity index (χ0) is 15.8. The van der Waals surface area contributed by atoms with Crippen molar-refractivity contribution in [2.75, 3.05) is 18.4 Å². The first kappa shape index (κ1) is 17.4. The Bertz CT molecular complexity index is 464. The molecule has 1 rings (SSSR count). The van der Waals surface area contributed by atoms with E-state index >= 15 is 0 Å². The van der Waals surface area contributed by atoms with Crippen LogP contribution in [0.4, 0.5) is 5.69 Å². The largest absolute Gasteiger partial charge is 0.326 e. The fourth-order valence-corrected chi connectivity index (χ4v) is 2.40. The Morgan fingerprint density at radius 2 is 1.67 bits per heavy atom. The minimum absolute atomic E-state index is 0.00367. The van der Waals surface area contributed by atoms with Crippen LogP contribution in [0.1, 0.15) is 50.9 Å². The van der Waals surface area contributed by atoms with Crippen LogP contribution in [-0.2, 0) is 4.79 Å². The van der Waals surface area contributed by atoms with E-state index in [4.69, 9.17) is 0 Å². The number of carbonyl (C=O) groups excluding carboxylic acids is 2. The molecular weight excluding hydrogens is 264 g/mol. The van der Waals surface area contributed by atoms with E-state index in [1.54, 1.807) is 24.3 Å². The highest BCUT2D eigenvalue weighted by Gasteiger charge is 2.14. The summed E-state index contributed by atoms with van der Waals surface area (Å²) >= 11 is 0. The maximum Gasteiger partial charge on any atom is 0.225 e. The van der Waals surface area contributed by atoms with Crippen molar-refractivity contribution in [3.63, 3.8) is 0 Å². The van der Waals surface area contributed by atoms with Gasteiger partial charge in [-0.15, -0.1) is 0 Å². The van der Waals surface area contributed by atoms with Crippen molar-refractivity contribution in [2.45, 2.75) is 46.6 Å². The molecule has 1 amide bonds. The summed E-state index contributed by atoms with van der Waals surface area (Å²) in [6.45, 7) is 9.99. The highest BCUT2D eigenvalue weighted by molar-refractivity contribution is 5.97. The van der Waals surface area contributed by atoms with E-state index in [1.165, 1.54) is 0 Å². The average molecular weight is 290 g/mol. The molecule has 1 aromatic rings. The summed E-state index contributed by atoms with van der Waals surface area (Å²) < 4.78 is 0. The number of nitrogens with one attached hydrogen (secondary N) is 1. The van der Waals surface area contributed by atoms with Crippen molar-refractivity contribution in [3.8, 4) is 0 Å². The number of benzene rings is 1. The van der Waals surface area contributed by atoms with Crippen molar-refractivity contribution < 1.29 is 9.59 Å². The Labute approximate surface area is 127 Å². The van der Waals surface area contributed by atoms with E-state index < -0.39 is 0 Å². The second-order valence-corrected chi connectivity index (χ2v) is 5.18. The maximum absolute atomic E-state index is 12.0. The summed E-state index contributed by atoms with van der Waals surface area (Å²) in [5.41, 5.74) is 1.42. The summed E-state index contributed by atoms with van der Waals surface area (Å²) in [6, 6.07) is 7.30. The lowest BCUT2D eigenvalue weighted by molar-refractivity contribution is -0.117. The van der Waals surface area contributed by atoms with Crippen molar-refractivity contribution in [1.82, 2.24) is 4.90 Å². The summed E-state index contributed by atoms with van der Waals surface area (Å²) in [4.78, 5) is 25.8. The molecule has 0 aliphatic heterocycles. The number of hydrogen-bond acceptors (Lipinski definition) is 3. The van der Waals surface area contributed by atoms with Crippen molar-refractivity contribution in [2.24, 2.45) is 0 Å². The van der Waals surface area contributed by atoms with E-state index in [0.717, 1.165) is 18.8 Å². The van der Waals surface area contributed by atoms with Crippen molar-refractivity contribution >= 4 is 17.4 Å². The minimum atomic E-state index is 0.00367. The molecule has 4 nitrogen and oxygen atoms in total. The van der Waals surface area contributed by atoms with E-state index in [9.17, 15) is 9.59 Å². The highest BCUT2D eigenvalue weighted by Crippen LogP contribution is 2.12. The first-order chi connectivity index (χ1) is 10.0. The molecule has 0 heterocycles. The van der Waals surface area contributed by atoms with Gasteiger partial charge in [0, 0.05) is 30.1 Å². The number of ketones is 1. The molecule has 0 saturated heterocycles. The van der Waals surface area contributed by atoms with Crippen LogP contribution in [0.5, 0.6) is 0 Å². The quantitative estimate of drug-likeness (QED) is 0.747. The molecule has 0 radical (unpaired) electrons. The third-order valence-corrected chi connectivity index (χ3v) is 3.73. The van der Waals surface area contributed by atoms with Gasteiger partial charge in [0.05, 0.1) is 0 Å². The van der Waals surface area contributed by atoms with E-state index in [1.807, 2.05) is 6.92 Å². The van der Waals surface area contributed by atoms with Gasteiger partial charge in [-0.1, -0.05) is 20.8 Å². The third-order valence-electron chi connectivity index (χ3n) is 3.73. The van der Waals surface area contributed by atoms with Gasteiger partial charge in [0.25, 0.3) is 0 Å². The first-order valence-corrected chi connectivity index (χ1v) is 7.68. The number of amides is 1. The monoisotopic (exact) mass is 290 g/mol. The van der Waals surface area contributed by atoms with Gasteiger partial charge in [0.15, 0.2) is 5.78 Å². The topological polar surface area (TPSA) is 49.4 Å². The zero-order valence-electron chi connectivity index (χ0n) is 13.5.